The zero-order valence-electron chi connectivity index (χ0n) is 13.0. The van der Waals surface area contributed by atoms with Crippen LogP contribution >= 0.6 is 0 Å². The van der Waals surface area contributed by atoms with Gasteiger partial charge in [-0.3, -0.25) is 14.6 Å². The van der Waals surface area contributed by atoms with Crippen LogP contribution in [-0.4, -0.2) is 40.8 Å². The first-order valence-corrected chi connectivity index (χ1v) is 7.98. The Morgan fingerprint density at radius 2 is 1.83 bits per heavy atom. The van der Waals surface area contributed by atoms with Gasteiger partial charge in [-0.25, -0.2) is 0 Å². The van der Waals surface area contributed by atoms with Crippen LogP contribution in [0, 0.1) is 5.92 Å². The molecule has 0 spiro atoms. The first-order valence-electron chi connectivity index (χ1n) is 7.98. The van der Waals surface area contributed by atoms with Crippen molar-refractivity contribution in [1.82, 2.24) is 15.2 Å². The van der Waals surface area contributed by atoms with Gasteiger partial charge in [0, 0.05) is 31.2 Å². The summed E-state index contributed by atoms with van der Waals surface area (Å²) in [4.78, 5) is 29.1. The van der Waals surface area contributed by atoms with Crippen LogP contribution in [0.15, 0.2) is 18.3 Å². The summed E-state index contributed by atoms with van der Waals surface area (Å²) in [5, 5.41) is 2.93. The molecule has 2 heterocycles. The number of alkyl halides is 3. The number of carbonyl (C=O) groups excluding carboxylic acids is 2. The molecule has 8 heteroatoms. The minimum absolute atomic E-state index is 0.0121. The van der Waals surface area contributed by atoms with Gasteiger partial charge in [-0.15, -0.1) is 0 Å². The summed E-state index contributed by atoms with van der Waals surface area (Å²) in [6.45, 7) is 0.543. The number of nitrogens with one attached hydrogen (secondary N) is 1. The lowest BCUT2D eigenvalue weighted by molar-refractivity contribution is -0.141. The summed E-state index contributed by atoms with van der Waals surface area (Å²) in [6.07, 6.45) is -0.713. The molecule has 1 aromatic heterocycles. The van der Waals surface area contributed by atoms with Gasteiger partial charge in [0.15, 0.2) is 5.69 Å². The summed E-state index contributed by atoms with van der Waals surface area (Å²) >= 11 is 0. The molecule has 2 aliphatic rings. The third kappa shape index (κ3) is 3.68. The van der Waals surface area contributed by atoms with E-state index in [0.29, 0.717) is 12.8 Å². The SMILES string of the molecule is O=C(NC1CC1)C1CCN(C(=O)c2cccnc2C(F)(F)F)CC1. The van der Waals surface area contributed by atoms with Crippen LogP contribution in [0.1, 0.15) is 41.7 Å². The number of nitrogens with zero attached hydrogens (tertiary/aromatic N) is 2. The number of hydrogen-bond acceptors (Lipinski definition) is 3. The number of likely N-dealkylation sites (tertiary alicyclic amines) is 1. The molecule has 0 radical (unpaired) electrons. The maximum Gasteiger partial charge on any atom is 0.434 e. The number of aromatic nitrogens is 1. The molecule has 1 aliphatic heterocycles. The first kappa shape index (κ1) is 16.7. The fraction of sp³-hybridized carbons (Fsp3) is 0.562. The molecule has 0 bridgehead atoms. The number of piperidine rings is 1. The van der Waals surface area contributed by atoms with Gasteiger partial charge >= 0.3 is 6.18 Å². The maximum atomic E-state index is 13.0. The minimum Gasteiger partial charge on any atom is -0.353 e. The molecule has 0 atom stereocenters. The fourth-order valence-corrected chi connectivity index (χ4v) is 2.87. The van der Waals surface area contributed by atoms with E-state index in [9.17, 15) is 22.8 Å². The Kier molecular flexibility index (Phi) is 4.47. The smallest absolute Gasteiger partial charge is 0.353 e. The lowest BCUT2D eigenvalue weighted by Crippen LogP contribution is -2.43. The Hall–Kier alpha value is -2.12. The molecule has 1 aliphatic carbocycles. The van der Waals surface area contributed by atoms with Gasteiger partial charge in [0.2, 0.25) is 5.91 Å². The minimum atomic E-state index is -4.67. The molecule has 1 N–H and O–H groups in total. The average molecular weight is 341 g/mol. The fourth-order valence-electron chi connectivity index (χ4n) is 2.87. The number of rotatable bonds is 3. The van der Waals surface area contributed by atoms with Gasteiger partial charge in [-0.1, -0.05) is 0 Å². The molecule has 0 unspecified atom stereocenters. The molecule has 24 heavy (non-hydrogen) atoms. The molecular formula is C16H18F3N3O2. The van der Waals surface area contributed by atoms with Crippen LogP contribution in [0.3, 0.4) is 0 Å². The van der Waals surface area contributed by atoms with Crippen LogP contribution in [-0.2, 0) is 11.0 Å². The quantitative estimate of drug-likeness (QED) is 0.917. The van der Waals surface area contributed by atoms with Crippen molar-refractivity contribution >= 4 is 11.8 Å². The summed E-state index contributed by atoms with van der Waals surface area (Å²) < 4.78 is 39.0. The van der Waals surface area contributed by atoms with Gasteiger partial charge in [0.25, 0.3) is 5.91 Å². The Balaban J connectivity index is 1.64. The van der Waals surface area contributed by atoms with E-state index in [1.54, 1.807) is 0 Å². The highest BCUT2D eigenvalue weighted by atomic mass is 19.4. The Morgan fingerprint density at radius 3 is 2.42 bits per heavy atom. The normalized spacial score (nSPS) is 19.2. The summed E-state index contributed by atoms with van der Waals surface area (Å²) in [6, 6.07) is 2.74. The summed E-state index contributed by atoms with van der Waals surface area (Å²) in [5.74, 6) is -0.871. The van der Waals surface area contributed by atoms with Crippen molar-refractivity contribution in [3.8, 4) is 0 Å². The van der Waals surface area contributed by atoms with E-state index in [2.05, 4.69) is 10.3 Å². The second-order valence-electron chi connectivity index (χ2n) is 6.25. The topological polar surface area (TPSA) is 62.3 Å². The lowest BCUT2D eigenvalue weighted by Gasteiger charge is -2.31. The molecule has 0 aromatic carbocycles. The van der Waals surface area contributed by atoms with Crippen LogP contribution < -0.4 is 5.32 Å². The van der Waals surface area contributed by atoms with E-state index in [0.717, 1.165) is 25.1 Å². The monoisotopic (exact) mass is 341 g/mol. The third-order valence-electron chi connectivity index (χ3n) is 4.38. The van der Waals surface area contributed by atoms with E-state index < -0.39 is 23.3 Å². The molecule has 2 fully saturated rings. The molecule has 3 rings (SSSR count). The van der Waals surface area contributed by atoms with Gasteiger partial charge in [0.1, 0.15) is 0 Å². The van der Waals surface area contributed by atoms with Crippen LogP contribution in [0.5, 0.6) is 0 Å². The Labute approximate surface area is 137 Å². The zero-order chi connectivity index (χ0) is 17.3. The Morgan fingerprint density at radius 1 is 1.17 bits per heavy atom. The van der Waals surface area contributed by atoms with Crippen LogP contribution in [0.2, 0.25) is 0 Å². The lowest BCUT2D eigenvalue weighted by atomic mass is 9.95. The van der Waals surface area contributed by atoms with Crippen molar-refractivity contribution in [3.63, 3.8) is 0 Å². The highest BCUT2D eigenvalue weighted by Gasteiger charge is 2.39. The van der Waals surface area contributed by atoms with Gasteiger partial charge in [-0.2, -0.15) is 13.2 Å². The van der Waals surface area contributed by atoms with E-state index in [4.69, 9.17) is 0 Å². The predicted molar refractivity (Wildman–Crippen MR) is 79.0 cm³/mol. The predicted octanol–water partition coefficient (Wildman–Crippen LogP) is 2.23. The van der Waals surface area contributed by atoms with E-state index >= 15 is 0 Å². The van der Waals surface area contributed by atoms with E-state index in [1.807, 2.05) is 0 Å². The molecule has 2 amide bonds. The average Bonchev–Trinajstić information content (AvgIpc) is 3.37. The summed E-state index contributed by atoms with van der Waals surface area (Å²) in [5.41, 5.74) is -1.60. The number of hydrogen-bond donors (Lipinski definition) is 1. The number of carbonyl (C=O) groups is 2. The van der Waals surface area contributed by atoms with Gasteiger partial charge < -0.3 is 10.2 Å². The largest absolute Gasteiger partial charge is 0.434 e. The molecule has 5 nitrogen and oxygen atoms in total. The van der Waals surface area contributed by atoms with Crippen molar-refractivity contribution in [1.29, 1.82) is 0 Å². The maximum absolute atomic E-state index is 13.0. The molecule has 130 valence electrons. The van der Waals surface area contributed by atoms with Crippen molar-refractivity contribution in [2.24, 2.45) is 5.92 Å². The van der Waals surface area contributed by atoms with E-state index in [-0.39, 0.29) is 31.0 Å². The standard InChI is InChI=1S/C16H18F3N3O2/c17-16(18,19)13-12(2-1-7-20-13)15(24)22-8-5-10(6-9-22)14(23)21-11-3-4-11/h1-2,7,10-11H,3-6,8-9H2,(H,21,23). The van der Waals surface area contributed by atoms with Crippen molar-refractivity contribution in [3.05, 3.63) is 29.6 Å². The molecule has 1 saturated carbocycles. The second kappa shape index (κ2) is 6.41. The molecule has 1 saturated heterocycles. The summed E-state index contributed by atoms with van der Waals surface area (Å²) in [7, 11) is 0. The van der Waals surface area contributed by atoms with Crippen LogP contribution in [0.25, 0.3) is 0 Å². The molecule has 1 aromatic rings. The highest BCUT2D eigenvalue weighted by molar-refractivity contribution is 5.95. The Bertz CT molecular complexity index is 636. The third-order valence-corrected chi connectivity index (χ3v) is 4.38. The van der Waals surface area contributed by atoms with E-state index in [1.165, 1.54) is 11.0 Å². The first-order chi connectivity index (χ1) is 11.4. The van der Waals surface area contributed by atoms with Crippen LogP contribution in [0.4, 0.5) is 13.2 Å². The highest BCUT2D eigenvalue weighted by Crippen LogP contribution is 2.31. The zero-order valence-corrected chi connectivity index (χ0v) is 13.0. The van der Waals surface area contributed by atoms with Crippen molar-refractivity contribution < 1.29 is 22.8 Å². The number of amides is 2. The number of pyridine rings is 1. The van der Waals surface area contributed by atoms with Crippen molar-refractivity contribution in [2.45, 2.75) is 37.9 Å². The number of halogens is 3. The van der Waals surface area contributed by atoms with Gasteiger partial charge in [-0.05, 0) is 37.8 Å². The molecular weight excluding hydrogens is 323 g/mol. The van der Waals surface area contributed by atoms with Gasteiger partial charge in [0.05, 0.1) is 5.56 Å². The van der Waals surface area contributed by atoms with Crippen molar-refractivity contribution in [2.75, 3.05) is 13.1 Å². The second-order valence-corrected chi connectivity index (χ2v) is 6.25.